The smallest absolute Gasteiger partial charge is 0.0195 e. The second kappa shape index (κ2) is 4.06. The Morgan fingerprint density at radius 1 is 1.13 bits per heavy atom. The molecule has 15 heavy (non-hydrogen) atoms. The summed E-state index contributed by atoms with van der Waals surface area (Å²) in [5, 5.41) is 0. The van der Waals surface area contributed by atoms with E-state index >= 15 is 0 Å². The average Bonchev–Trinajstić information content (AvgIpc) is 2.24. The SMILES string of the molecule is C/C=C/c1ccc2c(c1)CCC(C)=C2C. The third-order valence-electron chi connectivity index (χ3n) is 3.30. The van der Waals surface area contributed by atoms with Gasteiger partial charge in [0, 0.05) is 0 Å². The largest absolute Gasteiger partial charge is 0.0871 e. The zero-order valence-corrected chi connectivity index (χ0v) is 9.80. The highest BCUT2D eigenvalue weighted by atomic mass is 14.2. The summed E-state index contributed by atoms with van der Waals surface area (Å²) < 4.78 is 0. The van der Waals surface area contributed by atoms with Gasteiger partial charge >= 0.3 is 0 Å². The Kier molecular flexibility index (Phi) is 2.77. The van der Waals surface area contributed by atoms with Crippen molar-refractivity contribution in [2.75, 3.05) is 0 Å². The number of aryl methyl sites for hydroxylation is 1. The minimum atomic E-state index is 1.20. The quantitative estimate of drug-likeness (QED) is 0.625. The molecule has 0 fully saturated rings. The van der Waals surface area contributed by atoms with Crippen molar-refractivity contribution in [3.05, 3.63) is 46.5 Å². The van der Waals surface area contributed by atoms with Crippen LogP contribution in [-0.2, 0) is 6.42 Å². The van der Waals surface area contributed by atoms with Crippen molar-refractivity contribution in [3.8, 4) is 0 Å². The normalized spacial score (nSPS) is 15.9. The number of benzene rings is 1. The molecule has 0 bridgehead atoms. The van der Waals surface area contributed by atoms with E-state index in [4.69, 9.17) is 0 Å². The Hall–Kier alpha value is -1.30. The summed E-state index contributed by atoms with van der Waals surface area (Å²) in [5.41, 5.74) is 7.30. The molecule has 0 unspecified atom stereocenters. The van der Waals surface area contributed by atoms with E-state index in [9.17, 15) is 0 Å². The predicted molar refractivity (Wildman–Crippen MR) is 67.7 cm³/mol. The first-order chi connectivity index (χ1) is 7.22. The molecule has 0 spiro atoms. The van der Waals surface area contributed by atoms with E-state index in [1.807, 2.05) is 0 Å². The lowest BCUT2D eigenvalue weighted by Gasteiger charge is -2.19. The molecule has 0 saturated heterocycles. The number of allylic oxidation sites excluding steroid dienone is 3. The molecule has 0 aliphatic heterocycles. The maximum atomic E-state index is 2.32. The summed E-state index contributed by atoms with van der Waals surface area (Å²) in [4.78, 5) is 0. The lowest BCUT2D eigenvalue weighted by Crippen LogP contribution is -2.01. The van der Waals surface area contributed by atoms with Crippen molar-refractivity contribution in [1.29, 1.82) is 0 Å². The van der Waals surface area contributed by atoms with Gasteiger partial charge in [-0.1, -0.05) is 35.9 Å². The van der Waals surface area contributed by atoms with Gasteiger partial charge in [-0.3, -0.25) is 0 Å². The van der Waals surface area contributed by atoms with Crippen LogP contribution in [0, 0.1) is 0 Å². The first-order valence-electron chi connectivity index (χ1n) is 5.64. The Bertz CT molecular complexity index is 433. The van der Waals surface area contributed by atoms with Crippen LogP contribution in [0.25, 0.3) is 11.6 Å². The van der Waals surface area contributed by atoms with Crippen LogP contribution in [0.4, 0.5) is 0 Å². The number of hydrogen-bond acceptors (Lipinski definition) is 0. The molecule has 0 nitrogen and oxygen atoms in total. The number of hydrogen-bond donors (Lipinski definition) is 0. The molecule has 0 amide bonds. The predicted octanol–water partition coefficient (Wildman–Crippen LogP) is 4.46. The average molecular weight is 198 g/mol. The molecule has 0 heteroatoms. The summed E-state index contributed by atoms with van der Waals surface area (Å²) in [5.74, 6) is 0. The molecule has 0 heterocycles. The lowest BCUT2D eigenvalue weighted by molar-refractivity contribution is 0.915. The van der Waals surface area contributed by atoms with Gasteiger partial charge in [0.2, 0.25) is 0 Å². The van der Waals surface area contributed by atoms with Gasteiger partial charge in [0.05, 0.1) is 0 Å². The minimum absolute atomic E-state index is 1.20. The van der Waals surface area contributed by atoms with E-state index in [0.29, 0.717) is 0 Å². The van der Waals surface area contributed by atoms with E-state index in [0.717, 1.165) is 0 Å². The van der Waals surface area contributed by atoms with Crippen LogP contribution in [-0.4, -0.2) is 0 Å². The van der Waals surface area contributed by atoms with Crippen LogP contribution in [0.3, 0.4) is 0 Å². The summed E-state index contributed by atoms with van der Waals surface area (Å²) in [7, 11) is 0. The fourth-order valence-corrected chi connectivity index (χ4v) is 2.22. The van der Waals surface area contributed by atoms with Gasteiger partial charge in [-0.2, -0.15) is 0 Å². The summed E-state index contributed by atoms with van der Waals surface area (Å²) in [6.45, 7) is 6.55. The summed E-state index contributed by atoms with van der Waals surface area (Å²) in [6, 6.07) is 6.80. The van der Waals surface area contributed by atoms with Crippen molar-refractivity contribution in [3.63, 3.8) is 0 Å². The van der Waals surface area contributed by atoms with E-state index in [1.54, 1.807) is 5.57 Å². The van der Waals surface area contributed by atoms with Crippen molar-refractivity contribution in [2.45, 2.75) is 33.6 Å². The first kappa shape index (κ1) is 10.2. The fourth-order valence-electron chi connectivity index (χ4n) is 2.22. The van der Waals surface area contributed by atoms with Gasteiger partial charge in [0.1, 0.15) is 0 Å². The summed E-state index contributed by atoms with van der Waals surface area (Å²) >= 11 is 0. The van der Waals surface area contributed by atoms with E-state index in [-0.39, 0.29) is 0 Å². The molecule has 0 radical (unpaired) electrons. The van der Waals surface area contributed by atoms with Crippen molar-refractivity contribution < 1.29 is 0 Å². The van der Waals surface area contributed by atoms with Gasteiger partial charge in [-0.15, -0.1) is 0 Å². The van der Waals surface area contributed by atoms with Crippen molar-refractivity contribution >= 4 is 11.6 Å². The third-order valence-corrected chi connectivity index (χ3v) is 3.30. The van der Waals surface area contributed by atoms with Crippen LogP contribution in [0.15, 0.2) is 29.8 Å². The number of fused-ring (bicyclic) bond motifs is 1. The van der Waals surface area contributed by atoms with E-state index in [2.05, 4.69) is 51.1 Å². The van der Waals surface area contributed by atoms with E-state index in [1.165, 1.54) is 35.1 Å². The highest BCUT2D eigenvalue weighted by Gasteiger charge is 2.12. The Morgan fingerprint density at radius 2 is 1.93 bits per heavy atom. The first-order valence-corrected chi connectivity index (χ1v) is 5.64. The molecule has 2 rings (SSSR count). The lowest BCUT2D eigenvalue weighted by atomic mass is 9.86. The number of rotatable bonds is 1. The minimum Gasteiger partial charge on any atom is -0.0871 e. The Balaban J connectivity index is 2.48. The molecule has 0 N–H and O–H groups in total. The van der Waals surface area contributed by atoms with Crippen molar-refractivity contribution in [2.24, 2.45) is 0 Å². The second-order valence-corrected chi connectivity index (χ2v) is 4.32. The standard InChI is InChI=1S/C15H18/c1-4-5-13-7-9-15-12(3)11(2)6-8-14(15)10-13/h4-5,7,9-10H,6,8H2,1-3H3/b5-4+. The highest BCUT2D eigenvalue weighted by molar-refractivity contribution is 5.72. The maximum absolute atomic E-state index is 2.32. The zero-order chi connectivity index (χ0) is 10.8. The molecule has 1 aliphatic carbocycles. The molecule has 78 valence electrons. The summed E-state index contributed by atoms with van der Waals surface area (Å²) in [6.07, 6.45) is 6.68. The topological polar surface area (TPSA) is 0 Å². The second-order valence-electron chi connectivity index (χ2n) is 4.32. The molecule has 0 atom stereocenters. The zero-order valence-electron chi connectivity index (χ0n) is 9.80. The van der Waals surface area contributed by atoms with Crippen LogP contribution in [0.2, 0.25) is 0 Å². The van der Waals surface area contributed by atoms with Crippen LogP contribution < -0.4 is 0 Å². The third kappa shape index (κ3) is 1.90. The van der Waals surface area contributed by atoms with Crippen LogP contribution in [0.1, 0.15) is 43.9 Å². The van der Waals surface area contributed by atoms with Gasteiger partial charge < -0.3 is 0 Å². The monoisotopic (exact) mass is 198 g/mol. The van der Waals surface area contributed by atoms with E-state index < -0.39 is 0 Å². The Labute approximate surface area is 92.3 Å². The molecule has 1 aliphatic rings. The highest BCUT2D eigenvalue weighted by Crippen LogP contribution is 2.31. The molecular formula is C15H18. The van der Waals surface area contributed by atoms with Gasteiger partial charge in [-0.25, -0.2) is 0 Å². The molecule has 1 aromatic carbocycles. The van der Waals surface area contributed by atoms with Gasteiger partial charge in [-0.05, 0) is 55.9 Å². The molecule has 0 saturated carbocycles. The maximum Gasteiger partial charge on any atom is -0.0195 e. The van der Waals surface area contributed by atoms with Crippen LogP contribution in [0.5, 0.6) is 0 Å². The molecule has 1 aromatic rings. The van der Waals surface area contributed by atoms with Crippen molar-refractivity contribution in [1.82, 2.24) is 0 Å². The molecule has 0 aromatic heterocycles. The Morgan fingerprint density at radius 3 is 2.67 bits per heavy atom. The van der Waals surface area contributed by atoms with Crippen LogP contribution >= 0.6 is 0 Å². The fraction of sp³-hybridized carbons (Fsp3) is 0.333. The van der Waals surface area contributed by atoms with Gasteiger partial charge in [0.15, 0.2) is 0 Å². The van der Waals surface area contributed by atoms with Gasteiger partial charge in [0.25, 0.3) is 0 Å². The molecular weight excluding hydrogens is 180 g/mol.